The van der Waals surface area contributed by atoms with Crippen LogP contribution in [0.25, 0.3) is 10.9 Å². The van der Waals surface area contributed by atoms with Crippen LogP contribution in [0, 0.1) is 0 Å². The van der Waals surface area contributed by atoms with Crippen LogP contribution >= 0.6 is 11.3 Å². The van der Waals surface area contributed by atoms with Gasteiger partial charge < -0.3 is 10.5 Å². The molecule has 0 aliphatic carbocycles. The van der Waals surface area contributed by atoms with Gasteiger partial charge in [0.2, 0.25) is 0 Å². The molecule has 0 spiro atoms. The largest absolute Gasteiger partial charge is 0.482 e. The highest BCUT2D eigenvalue weighted by molar-refractivity contribution is 7.07. The van der Waals surface area contributed by atoms with Gasteiger partial charge >= 0.3 is 0 Å². The lowest BCUT2D eigenvalue weighted by atomic mass is 10.0. The van der Waals surface area contributed by atoms with Crippen LogP contribution in [-0.4, -0.2) is 11.0 Å². The molecule has 2 atom stereocenters. The highest BCUT2D eigenvalue weighted by Crippen LogP contribution is 2.31. The molecule has 0 amide bonds. The first kappa shape index (κ1) is 14.0. The SMILES string of the molecule is CCC(N)C(Oc1cccc2cccnc12)c1ccsc1. The number of nitrogens with zero attached hydrogens (tertiary/aromatic N) is 1. The molecule has 3 nitrogen and oxygen atoms in total. The maximum Gasteiger partial charge on any atom is 0.146 e. The van der Waals surface area contributed by atoms with Crippen molar-refractivity contribution in [2.24, 2.45) is 5.73 Å². The van der Waals surface area contributed by atoms with E-state index in [1.807, 2.05) is 30.3 Å². The van der Waals surface area contributed by atoms with Crippen LogP contribution in [0.2, 0.25) is 0 Å². The van der Waals surface area contributed by atoms with Crippen molar-refractivity contribution in [3.63, 3.8) is 0 Å². The fourth-order valence-corrected chi connectivity index (χ4v) is 3.05. The highest BCUT2D eigenvalue weighted by atomic mass is 32.1. The Hall–Kier alpha value is -1.91. The Morgan fingerprint density at radius 1 is 1.24 bits per heavy atom. The predicted octanol–water partition coefficient (Wildman–Crippen LogP) is 4.15. The number of nitrogens with two attached hydrogens (primary N) is 1. The maximum atomic E-state index is 6.26. The Bertz CT molecular complexity index is 706. The molecule has 2 heterocycles. The topological polar surface area (TPSA) is 48.1 Å². The number of aromatic nitrogens is 1. The van der Waals surface area contributed by atoms with E-state index in [1.165, 1.54) is 0 Å². The van der Waals surface area contributed by atoms with Crippen molar-refractivity contribution in [2.75, 3.05) is 0 Å². The molecule has 0 bridgehead atoms. The number of rotatable bonds is 5. The number of para-hydroxylation sites is 1. The molecule has 0 aliphatic rings. The number of benzene rings is 1. The zero-order valence-electron chi connectivity index (χ0n) is 11.9. The molecule has 1 aromatic carbocycles. The van der Waals surface area contributed by atoms with Gasteiger partial charge in [0, 0.05) is 23.2 Å². The Balaban J connectivity index is 1.98. The minimum absolute atomic E-state index is 0.0430. The van der Waals surface area contributed by atoms with E-state index < -0.39 is 0 Å². The molecule has 0 aliphatic heterocycles. The van der Waals surface area contributed by atoms with E-state index in [0.717, 1.165) is 28.6 Å². The summed E-state index contributed by atoms with van der Waals surface area (Å²) >= 11 is 1.66. The van der Waals surface area contributed by atoms with Gasteiger partial charge in [-0.25, -0.2) is 0 Å². The van der Waals surface area contributed by atoms with E-state index in [1.54, 1.807) is 17.5 Å². The number of hydrogen-bond acceptors (Lipinski definition) is 4. The number of hydrogen-bond donors (Lipinski definition) is 1. The van der Waals surface area contributed by atoms with Gasteiger partial charge in [-0.2, -0.15) is 11.3 Å². The van der Waals surface area contributed by atoms with Crippen LogP contribution in [0.15, 0.2) is 53.4 Å². The molecule has 2 unspecified atom stereocenters. The van der Waals surface area contributed by atoms with Crippen molar-refractivity contribution in [1.82, 2.24) is 4.98 Å². The zero-order valence-corrected chi connectivity index (χ0v) is 12.7. The second-order valence-corrected chi connectivity index (χ2v) is 5.78. The van der Waals surface area contributed by atoms with Gasteiger partial charge in [0.15, 0.2) is 0 Å². The molecule has 0 radical (unpaired) electrons. The van der Waals surface area contributed by atoms with E-state index >= 15 is 0 Å². The van der Waals surface area contributed by atoms with Crippen LogP contribution < -0.4 is 10.5 Å². The molecule has 21 heavy (non-hydrogen) atoms. The van der Waals surface area contributed by atoms with E-state index in [0.29, 0.717) is 0 Å². The summed E-state index contributed by atoms with van der Waals surface area (Å²) in [5.41, 5.74) is 8.26. The van der Waals surface area contributed by atoms with E-state index in [9.17, 15) is 0 Å². The molecule has 3 aromatic rings. The smallest absolute Gasteiger partial charge is 0.146 e. The second-order valence-electron chi connectivity index (χ2n) is 5.00. The monoisotopic (exact) mass is 298 g/mol. The third kappa shape index (κ3) is 2.91. The lowest BCUT2D eigenvalue weighted by Crippen LogP contribution is -2.31. The summed E-state index contributed by atoms with van der Waals surface area (Å²) < 4.78 is 6.24. The standard InChI is InChI=1S/C17H18N2OS/c1-2-14(18)17(13-8-10-21-11-13)20-15-7-3-5-12-6-4-9-19-16(12)15/h3-11,14,17H,2,18H2,1H3. The third-order valence-electron chi connectivity index (χ3n) is 3.58. The van der Waals surface area contributed by atoms with Crippen LogP contribution in [0.4, 0.5) is 0 Å². The zero-order chi connectivity index (χ0) is 14.7. The number of thiophene rings is 1. The molecular formula is C17H18N2OS. The van der Waals surface area contributed by atoms with Gasteiger partial charge in [-0.1, -0.05) is 25.1 Å². The molecular weight excluding hydrogens is 280 g/mol. The van der Waals surface area contributed by atoms with Gasteiger partial charge in [-0.05, 0) is 35.4 Å². The van der Waals surface area contributed by atoms with E-state index in [4.69, 9.17) is 10.5 Å². The number of fused-ring (bicyclic) bond motifs is 1. The maximum absolute atomic E-state index is 6.26. The summed E-state index contributed by atoms with van der Waals surface area (Å²) in [4.78, 5) is 4.44. The third-order valence-corrected chi connectivity index (χ3v) is 4.28. The average molecular weight is 298 g/mol. The second kappa shape index (κ2) is 6.24. The van der Waals surface area contributed by atoms with Crippen molar-refractivity contribution in [3.8, 4) is 5.75 Å². The fourth-order valence-electron chi connectivity index (χ4n) is 2.36. The van der Waals surface area contributed by atoms with E-state index in [-0.39, 0.29) is 12.1 Å². The number of pyridine rings is 1. The summed E-state index contributed by atoms with van der Waals surface area (Å²) in [5, 5.41) is 5.22. The summed E-state index contributed by atoms with van der Waals surface area (Å²) in [6.07, 6.45) is 2.50. The van der Waals surface area contributed by atoms with Crippen molar-refractivity contribution >= 4 is 22.2 Å². The van der Waals surface area contributed by atoms with Crippen LogP contribution in [0.1, 0.15) is 25.0 Å². The quantitative estimate of drug-likeness (QED) is 0.769. The van der Waals surface area contributed by atoms with Crippen molar-refractivity contribution in [2.45, 2.75) is 25.5 Å². The Kier molecular flexibility index (Phi) is 4.18. The van der Waals surface area contributed by atoms with Crippen LogP contribution in [0.5, 0.6) is 5.75 Å². The predicted molar refractivity (Wildman–Crippen MR) is 87.7 cm³/mol. The fraction of sp³-hybridized carbons (Fsp3) is 0.235. The van der Waals surface area contributed by atoms with Gasteiger partial charge in [0.05, 0.1) is 0 Å². The number of ether oxygens (including phenoxy) is 1. The molecule has 108 valence electrons. The molecule has 0 fully saturated rings. The minimum atomic E-state index is -0.145. The molecule has 2 aromatic heterocycles. The normalized spacial score (nSPS) is 14.0. The summed E-state index contributed by atoms with van der Waals surface area (Å²) in [5.74, 6) is 0.785. The van der Waals surface area contributed by atoms with Gasteiger partial charge in [0.1, 0.15) is 17.4 Å². The summed E-state index contributed by atoms with van der Waals surface area (Å²) in [6.45, 7) is 2.08. The first-order chi connectivity index (χ1) is 10.3. The average Bonchev–Trinajstić information content (AvgIpc) is 3.06. The Morgan fingerprint density at radius 3 is 2.86 bits per heavy atom. The minimum Gasteiger partial charge on any atom is -0.482 e. The lowest BCUT2D eigenvalue weighted by Gasteiger charge is -2.24. The van der Waals surface area contributed by atoms with Gasteiger partial charge in [-0.3, -0.25) is 4.98 Å². The van der Waals surface area contributed by atoms with Crippen molar-refractivity contribution < 1.29 is 4.74 Å². The van der Waals surface area contributed by atoms with Crippen LogP contribution in [0.3, 0.4) is 0 Å². The summed E-state index contributed by atoms with van der Waals surface area (Å²) in [6, 6.07) is 12.0. The lowest BCUT2D eigenvalue weighted by molar-refractivity contribution is 0.173. The van der Waals surface area contributed by atoms with Gasteiger partial charge in [0.25, 0.3) is 0 Å². The van der Waals surface area contributed by atoms with Crippen LogP contribution in [-0.2, 0) is 0 Å². The molecule has 3 rings (SSSR count). The van der Waals surface area contributed by atoms with Gasteiger partial charge in [-0.15, -0.1) is 0 Å². The van der Waals surface area contributed by atoms with Crippen molar-refractivity contribution in [1.29, 1.82) is 0 Å². The van der Waals surface area contributed by atoms with Crippen molar-refractivity contribution in [3.05, 3.63) is 58.9 Å². The Morgan fingerprint density at radius 2 is 2.10 bits per heavy atom. The first-order valence-corrected chi connectivity index (χ1v) is 8.02. The first-order valence-electron chi connectivity index (χ1n) is 7.07. The molecule has 4 heteroatoms. The summed E-state index contributed by atoms with van der Waals surface area (Å²) in [7, 11) is 0. The highest BCUT2D eigenvalue weighted by Gasteiger charge is 2.22. The Labute approximate surface area is 128 Å². The molecule has 0 saturated carbocycles. The molecule has 2 N–H and O–H groups in total. The molecule has 0 saturated heterocycles. The van der Waals surface area contributed by atoms with E-state index in [2.05, 4.69) is 28.7 Å².